The van der Waals surface area contributed by atoms with Gasteiger partial charge >= 0.3 is 5.97 Å². The summed E-state index contributed by atoms with van der Waals surface area (Å²) in [6.07, 6.45) is 3.85. The molecule has 1 aliphatic carbocycles. The lowest BCUT2D eigenvalue weighted by molar-refractivity contribution is -0.162. The summed E-state index contributed by atoms with van der Waals surface area (Å²) in [6, 6.07) is 9.56. The number of carbonyl (C=O) groups is 2. The van der Waals surface area contributed by atoms with Gasteiger partial charge in [-0.1, -0.05) is 43.7 Å². The number of anilines is 1. The van der Waals surface area contributed by atoms with Crippen molar-refractivity contribution in [2.24, 2.45) is 11.3 Å². The van der Waals surface area contributed by atoms with E-state index in [4.69, 9.17) is 4.74 Å². The molecule has 4 nitrogen and oxygen atoms in total. The number of para-hydroxylation sites is 1. The zero-order valence-electron chi connectivity index (χ0n) is 14.6. The molecule has 2 atom stereocenters. The lowest BCUT2D eigenvalue weighted by atomic mass is 9.88. The Kier molecular flexibility index (Phi) is 4.48. The van der Waals surface area contributed by atoms with Gasteiger partial charge in [-0.3, -0.25) is 9.59 Å². The summed E-state index contributed by atoms with van der Waals surface area (Å²) in [4.78, 5) is 27.1. The van der Waals surface area contributed by atoms with Crippen LogP contribution in [0.2, 0.25) is 0 Å². The standard InChI is InChI=1S/C20H25NO3/c1-14-9-11-15(12-10-14)19(23)24-17-18(22)21(13-20(17,2)3)16-7-5-4-6-8-16/h4-9,15,17H,10-13H2,1-3H3/t15-,17+/m0/s1. The van der Waals surface area contributed by atoms with E-state index in [1.165, 1.54) is 5.57 Å². The van der Waals surface area contributed by atoms with E-state index < -0.39 is 11.5 Å². The van der Waals surface area contributed by atoms with Crippen LogP contribution in [0.4, 0.5) is 5.69 Å². The smallest absolute Gasteiger partial charge is 0.310 e. The van der Waals surface area contributed by atoms with Crippen LogP contribution >= 0.6 is 0 Å². The van der Waals surface area contributed by atoms with Crippen LogP contribution in [-0.4, -0.2) is 24.5 Å². The van der Waals surface area contributed by atoms with Crippen LogP contribution in [-0.2, 0) is 14.3 Å². The molecule has 4 heteroatoms. The maximum atomic E-state index is 12.8. The van der Waals surface area contributed by atoms with E-state index in [9.17, 15) is 9.59 Å². The molecule has 1 aromatic carbocycles. The van der Waals surface area contributed by atoms with Crippen LogP contribution in [0.3, 0.4) is 0 Å². The summed E-state index contributed by atoms with van der Waals surface area (Å²) in [5.74, 6) is -0.481. The van der Waals surface area contributed by atoms with Crippen molar-refractivity contribution >= 4 is 17.6 Å². The maximum Gasteiger partial charge on any atom is 0.310 e. The minimum Gasteiger partial charge on any atom is -0.451 e. The fourth-order valence-corrected chi connectivity index (χ4v) is 3.47. The number of rotatable bonds is 3. The van der Waals surface area contributed by atoms with E-state index >= 15 is 0 Å². The van der Waals surface area contributed by atoms with Crippen LogP contribution < -0.4 is 4.90 Å². The molecule has 0 aromatic heterocycles. The van der Waals surface area contributed by atoms with Crippen molar-refractivity contribution in [1.29, 1.82) is 0 Å². The average molecular weight is 327 g/mol. The van der Waals surface area contributed by atoms with Crippen LogP contribution in [0.1, 0.15) is 40.0 Å². The third-order valence-corrected chi connectivity index (χ3v) is 5.04. The van der Waals surface area contributed by atoms with Gasteiger partial charge in [0, 0.05) is 17.6 Å². The highest BCUT2D eigenvalue weighted by Crippen LogP contribution is 2.37. The average Bonchev–Trinajstić information content (AvgIpc) is 2.80. The van der Waals surface area contributed by atoms with Crippen molar-refractivity contribution in [2.75, 3.05) is 11.4 Å². The summed E-state index contributed by atoms with van der Waals surface area (Å²) >= 11 is 0. The number of amides is 1. The van der Waals surface area contributed by atoms with Gasteiger partial charge in [0.05, 0.1) is 5.92 Å². The normalized spacial score (nSPS) is 26.2. The molecule has 0 bridgehead atoms. The lowest BCUT2D eigenvalue weighted by Crippen LogP contribution is -2.38. The highest BCUT2D eigenvalue weighted by molar-refractivity contribution is 6.00. The Balaban J connectivity index is 1.73. The molecule has 0 saturated carbocycles. The Bertz CT molecular complexity index is 663. The number of esters is 1. The van der Waals surface area contributed by atoms with Crippen LogP contribution in [0, 0.1) is 11.3 Å². The molecule has 0 radical (unpaired) electrons. The topological polar surface area (TPSA) is 46.6 Å². The molecule has 1 saturated heterocycles. The molecule has 1 aromatic rings. The number of hydrogen-bond acceptors (Lipinski definition) is 3. The van der Waals surface area contributed by atoms with E-state index in [2.05, 4.69) is 13.0 Å². The van der Waals surface area contributed by atoms with E-state index in [0.717, 1.165) is 18.5 Å². The van der Waals surface area contributed by atoms with Crippen molar-refractivity contribution in [1.82, 2.24) is 0 Å². The van der Waals surface area contributed by atoms with Gasteiger partial charge in [0.2, 0.25) is 0 Å². The van der Waals surface area contributed by atoms with Crippen LogP contribution in [0.25, 0.3) is 0 Å². The Labute approximate surface area is 143 Å². The maximum absolute atomic E-state index is 12.8. The second-order valence-electron chi connectivity index (χ2n) is 7.59. The van der Waals surface area contributed by atoms with Crippen molar-refractivity contribution in [3.05, 3.63) is 42.0 Å². The largest absolute Gasteiger partial charge is 0.451 e. The van der Waals surface area contributed by atoms with Gasteiger partial charge in [-0.15, -0.1) is 0 Å². The fourth-order valence-electron chi connectivity index (χ4n) is 3.47. The van der Waals surface area contributed by atoms with Gasteiger partial charge in [0.25, 0.3) is 5.91 Å². The molecule has 1 amide bonds. The molecule has 0 unspecified atom stereocenters. The third-order valence-electron chi connectivity index (χ3n) is 5.04. The second kappa shape index (κ2) is 6.42. The predicted molar refractivity (Wildman–Crippen MR) is 93.6 cm³/mol. The van der Waals surface area contributed by atoms with Gasteiger partial charge in [0.15, 0.2) is 6.10 Å². The summed E-state index contributed by atoms with van der Waals surface area (Å²) in [5, 5.41) is 0. The lowest BCUT2D eigenvalue weighted by Gasteiger charge is -2.26. The van der Waals surface area contributed by atoms with Crippen molar-refractivity contribution in [2.45, 2.75) is 46.1 Å². The molecule has 1 fully saturated rings. The van der Waals surface area contributed by atoms with Crippen molar-refractivity contribution < 1.29 is 14.3 Å². The first kappa shape index (κ1) is 16.7. The SMILES string of the molecule is CC1=CC[C@H](C(=O)O[C@@H]2C(=O)N(c3ccccc3)CC2(C)C)CC1. The van der Waals surface area contributed by atoms with Gasteiger partial charge < -0.3 is 9.64 Å². The predicted octanol–water partition coefficient (Wildman–Crippen LogP) is 3.72. The van der Waals surface area contributed by atoms with E-state index in [1.807, 2.05) is 44.2 Å². The highest BCUT2D eigenvalue weighted by atomic mass is 16.6. The molecule has 24 heavy (non-hydrogen) atoms. The second-order valence-corrected chi connectivity index (χ2v) is 7.59. The molecular formula is C20H25NO3. The number of nitrogens with zero attached hydrogens (tertiary/aromatic N) is 1. The molecule has 2 aliphatic rings. The summed E-state index contributed by atoms with van der Waals surface area (Å²) in [5.41, 5.74) is 1.78. The Hall–Kier alpha value is -2.10. The number of hydrogen-bond donors (Lipinski definition) is 0. The van der Waals surface area contributed by atoms with Crippen molar-refractivity contribution in [3.8, 4) is 0 Å². The zero-order valence-corrected chi connectivity index (χ0v) is 14.6. The summed E-state index contributed by atoms with van der Waals surface area (Å²) < 4.78 is 5.71. The Morgan fingerprint density at radius 2 is 1.96 bits per heavy atom. The van der Waals surface area contributed by atoms with E-state index in [0.29, 0.717) is 13.0 Å². The van der Waals surface area contributed by atoms with Crippen molar-refractivity contribution in [3.63, 3.8) is 0 Å². The number of benzene rings is 1. The monoisotopic (exact) mass is 327 g/mol. The summed E-state index contributed by atoms with van der Waals surface area (Å²) in [7, 11) is 0. The van der Waals surface area contributed by atoms with Crippen LogP contribution in [0.5, 0.6) is 0 Å². The molecule has 128 valence electrons. The Morgan fingerprint density at radius 1 is 1.25 bits per heavy atom. The van der Waals surface area contributed by atoms with Gasteiger partial charge in [-0.05, 0) is 38.3 Å². The quantitative estimate of drug-likeness (QED) is 0.628. The minimum absolute atomic E-state index is 0.122. The fraction of sp³-hybridized carbons (Fsp3) is 0.500. The number of carbonyl (C=O) groups excluding carboxylic acids is 2. The van der Waals surface area contributed by atoms with Crippen LogP contribution in [0.15, 0.2) is 42.0 Å². The first-order chi connectivity index (χ1) is 11.4. The highest BCUT2D eigenvalue weighted by Gasteiger charge is 2.49. The molecule has 0 spiro atoms. The number of ether oxygens (including phenoxy) is 1. The number of allylic oxidation sites excluding steroid dienone is 2. The summed E-state index contributed by atoms with van der Waals surface area (Å²) in [6.45, 7) is 6.60. The third kappa shape index (κ3) is 3.23. The molecule has 0 N–H and O–H groups in total. The van der Waals surface area contributed by atoms with E-state index in [-0.39, 0.29) is 17.8 Å². The van der Waals surface area contributed by atoms with Gasteiger partial charge in [0.1, 0.15) is 0 Å². The first-order valence-electron chi connectivity index (χ1n) is 8.61. The molecular weight excluding hydrogens is 302 g/mol. The molecule has 1 heterocycles. The molecule has 3 rings (SSSR count). The molecule has 1 aliphatic heterocycles. The van der Waals surface area contributed by atoms with Gasteiger partial charge in [-0.25, -0.2) is 0 Å². The first-order valence-corrected chi connectivity index (χ1v) is 8.61. The van der Waals surface area contributed by atoms with E-state index in [1.54, 1.807) is 4.90 Å². The Morgan fingerprint density at radius 3 is 2.58 bits per heavy atom. The minimum atomic E-state index is -0.711. The van der Waals surface area contributed by atoms with Gasteiger partial charge in [-0.2, -0.15) is 0 Å². The zero-order chi connectivity index (χ0) is 17.3.